The van der Waals surface area contributed by atoms with Crippen molar-refractivity contribution in [2.75, 3.05) is 25.6 Å². The first-order valence-corrected chi connectivity index (χ1v) is 8.26. The fourth-order valence-corrected chi connectivity index (χ4v) is 3.63. The summed E-state index contributed by atoms with van der Waals surface area (Å²) in [6.07, 6.45) is 2.53. The molecule has 1 unspecified atom stereocenters. The topological polar surface area (TPSA) is 59.3 Å². The van der Waals surface area contributed by atoms with Crippen LogP contribution in [0.3, 0.4) is 0 Å². The number of para-hydroxylation sites is 1. The van der Waals surface area contributed by atoms with Gasteiger partial charge in [0.25, 0.3) is 0 Å². The SMILES string of the molecule is N#Cc1ccccc1OCCCS(=O)C1CCOCC1. The molecule has 1 atom stereocenters. The molecule has 1 aromatic rings. The highest BCUT2D eigenvalue weighted by Crippen LogP contribution is 2.17. The third kappa shape index (κ3) is 4.32. The largest absolute Gasteiger partial charge is 0.492 e. The molecular weight excluding hydrogens is 274 g/mol. The Balaban J connectivity index is 1.71. The van der Waals surface area contributed by atoms with Crippen LogP contribution in [0.2, 0.25) is 0 Å². The monoisotopic (exact) mass is 293 g/mol. The van der Waals surface area contributed by atoms with E-state index >= 15 is 0 Å². The van der Waals surface area contributed by atoms with E-state index in [2.05, 4.69) is 6.07 Å². The summed E-state index contributed by atoms with van der Waals surface area (Å²) < 4.78 is 22.9. The Morgan fingerprint density at radius 3 is 2.85 bits per heavy atom. The summed E-state index contributed by atoms with van der Waals surface area (Å²) in [5.74, 6) is 1.26. The van der Waals surface area contributed by atoms with Crippen molar-refractivity contribution < 1.29 is 13.7 Å². The maximum atomic E-state index is 12.1. The summed E-state index contributed by atoms with van der Waals surface area (Å²) in [6, 6.07) is 9.27. The van der Waals surface area contributed by atoms with Crippen molar-refractivity contribution in [3.05, 3.63) is 29.8 Å². The molecule has 1 aliphatic heterocycles. The summed E-state index contributed by atoms with van der Waals surface area (Å²) in [4.78, 5) is 0. The molecule has 0 aliphatic carbocycles. The molecule has 0 N–H and O–H groups in total. The summed E-state index contributed by atoms with van der Waals surface area (Å²) >= 11 is 0. The van der Waals surface area contributed by atoms with E-state index in [-0.39, 0.29) is 5.25 Å². The zero-order valence-electron chi connectivity index (χ0n) is 11.4. The average molecular weight is 293 g/mol. The van der Waals surface area contributed by atoms with Crippen LogP contribution in [-0.4, -0.2) is 35.0 Å². The van der Waals surface area contributed by atoms with Crippen molar-refractivity contribution in [2.45, 2.75) is 24.5 Å². The first kappa shape index (κ1) is 15.0. The van der Waals surface area contributed by atoms with Crippen LogP contribution in [-0.2, 0) is 15.5 Å². The van der Waals surface area contributed by atoms with Crippen LogP contribution >= 0.6 is 0 Å². The van der Waals surface area contributed by atoms with Crippen LogP contribution in [0, 0.1) is 11.3 Å². The molecule has 0 spiro atoms. The molecule has 5 heteroatoms. The second-order valence-electron chi connectivity index (χ2n) is 4.71. The maximum Gasteiger partial charge on any atom is 0.137 e. The lowest BCUT2D eigenvalue weighted by molar-refractivity contribution is 0.0992. The predicted octanol–water partition coefficient (Wildman–Crippen LogP) is 2.25. The van der Waals surface area contributed by atoms with Gasteiger partial charge in [-0.1, -0.05) is 12.1 Å². The van der Waals surface area contributed by atoms with E-state index in [0.717, 1.165) is 32.5 Å². The van der Waals surface area contributed by atoms with Crippen molar-refractivity contribution in [1.82, 2.24) is 0 Å². The molecule has 20 heavy (non-hydrogen) atoms. The van der Waals surface area contributed by atoms with Gasteiger partial charge in [0.1, 0.15) is 11.8 Å². The van der Waals surface area contributed by atoms with E-state index in [4.69, 9.17) is 14.7 Å². The number of hydrogen-bond donors (Lipinski definition) is 0. The molecule has 0 aromatic heterocycles. The molecule has 2 rings (SSSR count). The standard InChI is InChI=1S/C15H19NO3S/c16-12-13-4-1-2-5-15(13)19-8-3-11-20(17)14-6-9-18-10-7-14/h1-2,4-5,14H,3,6-11H2. The molecule has 1 heterocycles. The first-order valence-electron chi connectivity index (χ1n) is 6.88. The van der Waals surface area contributed by atoms with Crippen LogP contribution in [0.15, 0.2) is 24.3 Å². The molecule has 1 saturated heterocycles. The minimum atomic E-state index is -0.796. The van der Waals surface area contributed by atoms with Gasteiger partial charge in [-0.25, -0.2) is 0 Å². The third-order valence-corrected chi connectivity index (χ3v) is 5.20. The molecule has 1 aliphatic rings. The highest BCUT2D eigenvalue weighted by molar-refractivity contribution is 7.85. The van der Waals surface area contributed by atoms with Gasteiger partial charge < -0.3 is 9.47 Å². The molecule has 1 aromatic carbocycles. The summed E-state index contributed by atoms with van der Waals surface area (Å²) in [7, 11) is -0.796. The lowest BCUT2D eigenvalue weighted by atomic mass is 10.2. The molecule has 0 saturated carbocycles. The zero-order valence-corrected chi connectivity index (χ0v) is 12.2. The second-order valence-corrected chi connectivity index (χ2v) is 6.54. The van der Waals surface area contributed by atoms with Crippen LogP contribution in [0.4, 0.5) is 0 Å². The van der Waals surface area contributed by atoms with E-state index in [1.807, 2.05) is 12.1 Å². The third-order valence-electron chi connectivity index (χ3n) is 3.30. The predicted molar refractivity (Wildman–Crippen MR) is 78.1 cm³/mol. The Morgan fingerprint density at radius 2 is 2.10 bits per heavy atom. The Hall–Kier alpha value is -1.38. The van der Waals surface area contributed by atoms with Gasteiger partial charge in [-0.05, 0) is 31.4 Å². The number of hydrogen-bond acceptors (Lipinski definition) is 4. The molecule has 4 nitrogen and oxygen atoms in total. The molecule has 0 bridgehead atoms. The molecular formula is C15H19NO3S. The molecule has 0 amide bonds. The second kappa shape index (κ2) is 8.03. The molecule has 0 radical (unpaired) electrons. The molecule has 108 valence electrons. The number of ether oxygens (including phenoxy) is 2. The minimum absolute atomic E-state index is 0.273. The van der Waals surface area contributed by atoms with Crippen LogP contribution < -0.4 is 4.74 Å². The number of nitrogens with zero attached hydrogens (tertiary/aromatic N) is 1. The van der Waals surface area contributed by atoms with Crippen LogP contribution in [0.5, 0.6) is 5.75 Å². The Labute approximate surface area is 122 Å². The van der Waals surface area contributed by atoms with Gasteiger partial charge in [0, 0.05) is 35.0 Å². The fourth-order valence-electron chi connectivity index (χ4n) is 2.17. The van der Waals surface area contributed by atoms with Gasteiger partial charge in [-0.3, -0.25) is 4.21 Å². The van der Waals surface area contributed by atoms with E-state index < -0.39 is 10.8 Å². The smallest absolute Gasteiger partial charge is 0.137 e. The number of nitriles is 1. The van der Waals surface area contributed by atoms with Gasteiger partial charge in [-0.2, -0.15) is 5.26 Å². The van der Waals surface area contributed by atoms with Gasteiger partial charge in [0.15, 0.2) is 0 Å². The van der Waals surface area contributed by atoms with Crippen LogP contribution in [0.1, 0.15) is 24.8 Å². The number of rotatable bonds is 6. The zero-order chi connectivity index (χ0) is 14.2. The lowest BCUT2D eigenvalue weighted by Crippen LogP contribution is -2.26. The first-order chi connectivity index (χ1) is 9.81. The quantitative estimate of drug-likeness (QED) is 0.755. The summed E-state index contributed by atoms with van der Waals surface area (Å²) in [6.45, 7) is 1.94. The van der Waals surface area contributed by atoms with Crippen molar-refractivity contribution in [2.24, 2.45) is 0 Å². The summed E-state index contributed by atoms with van der Waals surface area (Å²) in [5, 5.41) is 9.22. The van der Waals surface area contributed by atoms with E-state index in [0.29, 0.717) is 23.7 Å². The van der Waals surface area contributed by atoms with E-state index in [1.165, 1.54) is 0 Å². The van der Waals surface area contributed by atoms with E-state index in [1.54, 1.807) is 12.1 Å². The van der Waals surface area contributed by atoms with Crippen LogP contribution in [0.25, 0.3) is 0 Å². The highest BCUT2D eigenvalue weighted by Gasteiger charge is 2.19. The van der Waals surface area contributed by atoms with E-state index in [9.17, 15) is 4.21 Å². The number of benzene rings is 1. The minimum Gasteiger partial charge on any atom is -0.492 e. The van der Waals surface area contributed by atoms with Crippen molar-refractivity contribution in [3.63, 3.8) is 0 Å². The van der Waals surface area contributed by atoms with Crippen molar-refractivity contribution >= 4 is 10.8 Å². The highest BCUT2D eigenvalue weighted by atomic mass is 32.2. The fraction of sp³-hybridized carbons (Fsp3) is 0.533. The summed E-state index contributed by atoms with van der Waals surface area (Å²) in [5.41, 5.74) is 0.540. The van der Waals surface area contributed by atoms with Gasteiger partial charge in [0.2, 0.25) is 0 Å². The Morgan fingerprint density at radius 1 is 1.35 bits per heavy atom. The Kier molecular flexibility index (Phi) is 6.03. The van der Waals surface area contributed by atoms with Crippen molar-refractivity contribution in [3.8, 4) is 11.8 Å². The van der Waals surface area contributed by atoms with Gasteiger partial charge >= 0.3 is 0 Å². The van der Waals surface area contributed by atoms with Crippen molar-refractivity contribution in [1.29, 1.82) is 5.26 Å². The maximum absolute atomic E-state index is 12.1. The van der Waals surface area contributed by atoms with Gasteiger partial charge in [-0.15, -0.1) is 0 Å². The van der Waals surface area contributed by atoms with Gasteiger partial charge in [0.05, 0.1) is 12.2 Å². The lowest BCUT2D eigenvalue weighted by Gasteiger charge is -2.21. The normalized spacial score (nSPS) is 17.4. The molecule has 1 fully saturated rings. The average Bonchev–Trinajstić information content (AvgIpc) is 2.52. The Bertz CT molecular complexity index is 492.